The van der Waals surface area contributed by atoms with E-state index in [1.54, 1.807) is 42.3 Å². The Kier molecular flexibility index (Phi) is 26.7. The van der Waals surface area contributed by atoms with E-state index in [1.807, 2.05) is 4.90 Å². The number of nitrogens with zero attached hydrogens (tertiary/aromatic N) is 3. The first-order valence-corrected chi connectivity index (χ1v) is 37.7. The van der Waals surface area contributed by atoms with E-state index in [9.17, 15) is 48.3 Å². The molecule has 572 valence electrons. The van der Waals surface area contributed by atoms with Crippen LogP contribution in [0.15, 0.2) is 66.8 Å². The molecule has 11 saturated heterocycles. The first kappa shape index (κ1) is 77.2. The quantitative estimate of drug-likeness (QED) is 0.0511. The van der Waals surface area contributed by atoms with Gasteiger partial charge in [0.25, 0.3) is 11.8 Å². The fourth-order valence-corrected chi connectivity index (χ4v) is 16.9. The minimum Gasteiger partial charge on any atom is -0.391 e. The second kappa shape index (κ2) is 36.0. The highest BCUT2D eigenvalue weighted by Crippen LogP contribution is 2.55. The van der Waals surface area contributed by atoms with Gasteiger partial charge in [-0.15, -0.1) is 0 Å². The van der Waals surface area contributed by atoms with Gasteiger partial charge in [0.05, 0.1) is 113 Å². The number of unbranched alkanes of at least 4 members (excludes halogenated alkanes) is 1. The molecule has 104 heavy (non-hydrogen) atoms. The zero-order chi connectivity index (χ0) is 73.0. The lowest BCUT2D eigenvalue weighted by atomic mass is 9.81. The van der Waals surface area contributed by atoms with Gasteiger partial charge in [-0.2, -0.15) is 0 Å². The Morgan fingerprint density at radius 2 is 1.32 bits per heavy atom. The summed E-state index contributed by atoms with van der Waals surface area (Å²) in [5.41, 5.74) is 2.73. The number of hydrogen-bond acceptors (Lipinski definition) is 22. The van der Waals surface area contributed by atoms with Gasteiger partial charge in [-0.1, -0.05) is 50.4 Å². The van der Waals surface area contributed by atoms with Crippen LogP contribution < -0.4 is 26.6 Å². The van der Waals surface area contributed by atoms with Crippen molar-refractivity contribution in [1.82, 2.24) is 41.3 Å². The molecule has 8 amide bonds. The number of imide groups is 1. The summed E-state index contributed by atoms with van der Waals surface area (Å²) in [7, 11) is 1.57. The first-order chi connectivity index (χ1) is 50.2. The van der Waals surface area contributed by atoms with Gasteiger partial charge < -0.3 is 88.7 Å². The van der Waals surface area contributed by atoms with E-state index in [0.29, 0.717) is 110 Å². The molecule has 13 rings (SSSR count). The molecule has 1 aromatic carbocycles. The predicted octanol–water partition coefficient (Wildman–Crippen LogP) is 1.33. The van der Waals surface area contributed by atoms with Crippen molar-refractivity contribution in [3.63, 3.8) is 0 Å². The summed E-state index contributed by atoms with van der Waals surface area (Å²) in [5.74, 6) is -4.98. The SMILES string of the molecule is C=C1C[C@@H]2CC[C@@]34C[C@H]5OC6C(O[C@H]7CC[C@H](CC(=O)C[C@@H]8[C@@H](OC)[C@@H](C[C@H](O)CNC(=O)CNC(=O)[C@H](Cc9ccccc9)NC(=O)CNC(=O)CNC(=O)CCN9CCOCCN(C(=O)CCCCN%10C(=O)C=CC%10=O)CCOCC9)O[C@H]8C[C@H]8O[C@@H](CC[C@@H]1O2)C[C@@H](C)C8=C)O[C@@H]7[C@@H]6O3)[C@H]5O4. The van der Waals surface area contributed by atoms with Crippen LogP contribution in [0.2, 0.25) is 0 Å². The smallest absolute Gasteiger partial charge is 0.253 e. The molecule has 12 heterocycles. The highest BCUT2D eigenvalue weighted by atomic mass is 16.8. The monoisotopic (exact) mass is 1450 g/mol. The second-order valence-electron chi connectivity index (χ2n) is 29.9. The van der Waals surface area contributed by atoms with Gasteiger partial charge in [-0.25, -0.2) is 0 Å². The average Bonchev–Trinajstić information content (AvgIpc) is 1.55. The Morgan fingerprint density at radius 3 is 2.09 bits per heavy atom. The zero-order valence-electron chi connectivity index (χ0n) is 60.0. The third-order valence-electron chi connectivity index (χ3n) is 22.5. The second-order valence-corrected chi connectivity index (χ2v) is 29.9. The maximum atomic E-state index is 14.6. The molecule has 20 atom stereocenters. The molecular weight excluding hydrogens is 1350 g/mol. The molecule has 12 bridgehead atoms. The number of hydrogen-bond donors (Lipinski definition) is 6. The van der Waals surface area contributed by atoms with Crippen LogP contribution in [0, 0.1) is 11.8 Å². The number of rotatable bonds is 23. The molecule has 0 aliphatic carbocycles. The predicted molar refractivity (Wildman–Crippen MR) is 370 cm³/mol. The number of ketones is 1. The number of nitrogens with one attached hydrogen (secondary N) is 5. The highest BCUT2D eigenvalue weighted by Gasteiger charge is 2.69. The normalized spacial score (nSPS) is 34.5. The van der Waals surface area contributed by atoms with Gasteiger partial charge in [0.2, 0.25) is 35.4 Å². The van der Waals surface area contributed by atoms with E-state index in [0.717, 1.165) is 48.2 Å². The fourth-order valence-electron chi connectivity index (χ4n) is 16.9. The first-order valence-electron chi connectivity index (χ1n) is 37.7. The maximum Gasteiger partial charge on any atom is 0.253 e. The summed E-state index contributed by atoms with van der Waals surface area (Å²) < 4.78 is 72.6. The third kappa shape index (κ3) is 19.8. The number of fused-ring (bicyclic) bond motifs is 6. The number of carbonyl (C=O) groups is 9. The van der Waals surface area contributed by atoms with Crippen LogP contribution in [0.4, 0.5) is 0 Å². The van der Waals surface area contributed by atoms with Crippen LogP contribution in [0.5, 0.6) is 0 Å². The molecule has 29 heteroatoms. The van der Waals surface area contributed by atoms with Crippen molar-refractivity contribution in [1.29, 1.82) is 0 Å². The van der Waals surface area contributed by atoms with Gasteiger partial charge in [0.1, 0.15) is 42.3 Å². The molecule has 0 saturated carbocycles. The minimum atomic E-state index is -1.17. The van der Waals surface area contributed by atoms with E-state index in [4.69, 9.17) is 52.1 Å². The van der Waals surface area contributed by atoms with Gasteiger partial charge in [0.15, 0.2) is 5.79 Å². The van der Waals surface area contributed by atoms with Crippen LogP contribution >= 0.6 is 0 Å². The van der Waals surface area contributed by atoms with E-state index in [1.165, 1.54) is 12.2 Å². The number of carbonyl (C=O) groups excluding carboxylic acids is 9. The fraction of sp³-hybridized carbons (Fsp3) is 0.720. The van der Waals surface area contributed by atoms with Crippen LogP contribution in [-0.4, -0.2) is 281 Å². The molecule has 2 unspecified atom stereocenters. The number of benzene rings is 1. The van der Waals surface area contributed by atoms with Crippen molar-refractivity contribution < 1.29 is 100 Å². The Bertz CT molecular complexity index is 3240. The van der Waals surface area contributed by atoms with Crippen LogP contribution in [0.25, 0.3) is 0 Å². The number of methoxy groups -OCH3 is 1. The van der Waals surface area contributed by atoms with Crippen molar-refractivity contribution in [3.05, 3.63) is 72.4 Å². The summed E-state index contributed by atoms with van der Waals surface area (Å²) in [5, 5.41) is 24.7. The molecule has 6 N–H and O–H groups in total. The molecule has 12 aliphatic rings. The van der Waals surface area contributed by atoms with Crippen molar-refractivity contribution >= 4 is 53.0 Å². The lowest BCUT2D eigenvalue weighted by Crippen LogP contribution is -2.61. The average molecular weight is 1460 g/mol. The van der Waals surface area contributed by atoms with Crippen LogP contribution in [0.3, 0.4) is 0 Å². The lowest BCUT2D eigenvalue weighted by Gasteiger charge is -2.47. The minimum absolute atomic E-state index is 0.0204. The van der Waals surface area contributed by atoms with Gasteiger partial charge >= 0.3 is 0 Å². The topological polar surface area (TPSA) is 345 Å². The van der Waals surface area contributed by atoms with Gasteiger partial charge in [-0.3, -0.25) is 53.0 Å². The molecule has 1 aromatic rings. The molecule has 1 spiro atoms. The number of amides is 8. The van der Waals surface area contributed by atoms with Crippen molar-refractivity contribution in [2.75, 3.05) is 99.0 Å². The Balaban J connectivity index is 0.586. The molecule has 29 nitrogen and oxygen atoms in total. The summed E-state index contributed by atoms with van der Waals surface area (Å²) in [6.07, 6.45) is 4.72. The number of aliphatic hydroxyl groups excluding tert-OH is 1. The Hall–Kier alpha value is -6.45. The summed E-state index contributed by atoms with van der Waals surface area (Å²) in [4.78, 5) is 122. The zero-order valence-corrected chi connectivity index (χ0v) is 60.0. The van der Waals surface area contributed by atoms with Crippen molar-refractivity contribution in [2.45, 2.75) is 232 Å². The van der Waals surface area contributed by atoms with E-state index in [-0.39, 0.29) is 136 Å². The largest absolute Gasteiger partial charge is 0.391 e. The van der Waals surface area contributed by atoms with Crippen LogP contribution in [-0.2, 0) is 102 Å². The molecule has 12 aliphatic heterocycles. The third-order valence-corrected chi connectivity index (χ3v) is 22.5. The van der Waals surface area contributed by atoms with Crippen molar-refractivity contribution in [2.24, 2.45) is 11.8 Å². The number of ether oxygens (including phenoxy) is 11. The van der Waals surface area contributed by atoms with E-state index >= 15 is 0 Å². The number of Topliss-reactive ketones (excluding diaryl/α,β-unsaturated/α-hetero) is 1. The van der Waals surface area contributed by atoms with Gasteiger partial charge in [-0.05, 0) is 80.4 Å². The number of aliphatic hydroxyl groups is 1. The molecule has 11 fully saturated rings. The summed E-state index contributed by atoms with van der Waals surface area (Å²) in [6, 6.07) is 7.76. The highest BCUT2D eigenvalue weighted by molar-refractivity contribution is 6.12. The molecule has 0 radical (unpaired) electrons. The molecule has 0 aromatic heterocycles. The van der Waals surface area contributed by atoms with E-state index < -0.39 is 110 Å². The van der Waals surface area contributed by atoms with E-state index in [2.05, 4.69) is 46.7 Å². The Morgan fingerprint density at radius 1 is 0.644 bits per heavy atom. The lowest BCUT2D eigenvalue weighted by molar-refractivity contribution is -0.292. The Labute approximate surface area is 607 Å². The summed E-state index contributed by atoms with van der Waals surface area (Å²) in [6.45, 7) is 13.1. The van der Waals surface area contributed by atoms with Crippen LogP contribution in [0.1, 0.15) is 122 Å². The summed E-state index contributed by atoms with van der Waals surface area (Å²) >= 11 is 0. The van der Waals surface area contributed by atoms with Crippen molar-refractivity contribution in [3.8, 4) is 0 Å². The molecular formula is C75H106N8O21. The van der Waals surface area contributed by atoms with Gasteiger partial charge in [0, 0.05) is 129 Å². The standard InChI is InChI=1S/C75H106N8O21/c1-44-32-50-13-15-55-45(2)33-52(97-55)19-21-75-39-60-70(103-75)71-72(102-60)73(104-75)69-56(101-71)16-14-51(99-69)35-48(84)36-53-58(38-57(98-50)46(44)3)100-59(68(53)94-4)37-49(85)40-76-63(88)42-79-74(93)54(34-47-10-6-5-7-11-47)80-64(89)43-78-62(87)41-77-61(86)20-23-81-24-28-95-30-26-82(27-31-96-29-25-81)65(90)12-8-9-22-83-66(91)17-18-67(83)92/h5-7,10-11,17-18,44,49-60,68-73,85H,2-3,8-9,12-16,19-43H2,1,4H3,(H,76,88)(H,77,86)(H,78,87)(H,79,93)(H,80,89)/t44-,49+,50+,51-,52+,53+,54+,55+,56+,57-,58+,59-,60-,68-,69+,70+,71?,72?,73+,75+/m1/s1. The maximum absolute atomic E-state index is 14.6.